The van der Waals surface area contributed by atoms with Gasteiger partial charge in [0.2, 0.25) is 0 Å². The van der Waals surface area contributed by atoms with Crippen molar-refractivity contribution in [3.8, 4) is 10.6 Å². The molecule has 5 rings (SSSR count). The van der Waals surface area contributed by atoms with Crippen molar-refractivity contribution in [2.45, 2.75) is 58.3 Å². The molecule has 4 N–H and O–H groups in total. The molecule has 0 spiro atoms. The Morgan fingerprint density at radius 2 is 2.17 bits per heavy atom. The summed E-state index contributed by atoms with van der Waals surface area (Å²) in [5.41, 5.74) is 10.1. The molecule has 2 aliphatic heterocycles. The van der Waals surface area contributed by atoms with Crippen molar-refractivity contribution in [1.82, 2.24) is 19.9 Å². The lowest BCUT2D eigenvalue weighted by Crippen LogP contribution is -2.43. The Labute approximate surface area is 218 Å². The van der Waals surface area contributed by atoms with Crippen molar-refractivity contribution >= 4 is 39.5 Å². The lowest BCUT2D eigenvalue weighted by atomic mass is 9.99. The van der Waals surface area contributed by atoms with Gasteiger partial charge in [-0.2, -0.15) is 0 Å². The molecule has 0 aliphatic carbocycles. The molecule has 1 unspecified atom stereocenters. The van der Waals surface area contributed by atoms with Crippen LogP contribution in [0.3, 0.4) is 0 Å². The van der Waals surface area contributed by atoms with Gasteiger partial charge in [0.1, 0.15) is 16.9 Å². The number of thiazole rings is 2. The van der Waals surface area contributed by atoms with Crippen LogP contribution in [-0.4, -0.2) is 56.2 Å². The first-order valence-electron chi connectivity index (χ1n) is 12.0. The van der Waals surface area contributed by atoms with E-state index in [1.54, 1.807) is 25.3 Å². The van der Waals surface area contributed by atoms with Crippen LogP contribution in [0.1, 0.15) is 60.3 Å². The first kappa shape index (κ1) is 25.0. The molecule has 36 heavy (non-hydrogen) atoms. The second-order valence-electron chi connectivity index (χ2n) is 9.22. The van der Waals surface area contributed by atoms with E-state index in [4.69, 9.17) is 10.5 Å². The number of hydrogen-bond acceptors (Lipinski definition) is 10. The number of carbonyl (C=O) groups excluding carboxylic acids is 1. The lowest BCUT2D eigenvalue weighted by molar-refractivity contribution is 0.0140. The van der Waals surface area contributed by atoms with Gasteiger partial charge in [-0.3, -0.25) is 4.79 Å². The zero-order valence-corrected chi connectivity index (χ0v) is 22.2. The lowest BCUT2D eigenvalue weighted by Gasteiger charge is -2.36. The second kappa shape index (κ2) is 10.3. The minimum Gasteiger partial charge on any atom is -0.386 e. The van der Waals surface area contributed by atoms with Gasteiger partial charge in [-0.1, -0.05) is 5.57 Å². The number of anilines is 2. The van der Waals surface area contributed by atoms with Gasteiger partial charge in [-0.15, -0.1) is 22.7 Å². The van der Waals surface area contributed by atoms with Gasteiger partial charge in [-0.25, -0.2) is 15.0 Å². The van der Waals surface area contributed by atoms with Gasteiger partial charge in [0, 0.05) is 36.3 Å². The van der Waals surface area contributed by atoms with Crippen LogP contribution in [0.5, 0.6) is 0 Å². The van der Waals surface area contributed by atoms with E-state index in [0.29, 0.717) is 34.7 Å². The zero-order chi connectivity index (χ0) is 25.4. The summed E-state index contributed by atoms with van der Waals surface area (Å²) < 4.78 is 5.88. The topological polar surface area (TPSA) is 126 Å². The van der Waals surface area contributed by atoms with E-state index in [1.165, 1.54) is 28.2 Å². The second-order valence-corrected chi connectivity index (χ2v) is 11.1. The fourth-order valence-electron chi connectivity index (χ4n) is 4.81. The number of nitrogens with two attached hydrogens (primary N) is 1. The fourth-order valence-corrected chi connectivity index (χ4v) is 6.56. The predicted octanol–water partition coefficient (Wildman–Crippen LogP) is 4.39. The molecule has 3 aromatic rings. The number of hydrogen-bond donors (Lipinski definition) is 3. The molecule has 9 nitrogen and oxygen atoms in total. The number of aliphatic hydroxyl groups excluding tert-OH is 1. The van der Waals surface area contributed by atoms with Crippen molar-refractivity contribution < 1.29 is 14.6 Å². The quantitative estimate of drug-likeness (QED) is 0.394. The number of aliphatic hydroxyl groups is 1. The molecular formula is C25H30N6O3S2. The van der Waals surface area contributed by atoms with E-state index in [1.807, 2.05) is 17.2 Å². The first-order valence-corrected chi connectivity index (χ1v) is 13.7. The van der Waals surface area contributed by atoms with E-state index in [-0.39, 0.29) is 18.1 Å². The smallest absolute Gasteiger partial charge is 0.259 e. The van der Waals surface area contributed by atoms with Crippen LogP contribution >= 0.6 is 22.7 Å². The van der Waals surface area contributed by atoms with Crippen LogP contribution < -0.4 is 11.1 Å². The number of piperidine rings is 1. The molecule has 2 aliphatic rings. The molecule has 190 valence electrons. The maximum absolute atomic E-state index is 13.4. The van der Waals surface area contributed by atoms with Crippen LogP contribution in [0.2, 0.25) is 0 Å². The first-order chi connectivity index (χ1) is 17.3. The molecule has 1 saturated heterocycles. The van der Waals surface area contributed by atoms with Crippen LogP contribution in [0, 0.1) is 6.92 Å². The molecule has 0 radical (unpaired) electrons. The van der Waals surface area contributed by atoms with Crippen molar-refractivity contribution in [3.63, 3.8) is 0 Å². The summed E-state index contributed by atoms with van der Waals surface area (Å²) in [7, 11) is 0. The van der Waals surface area contributed by atoms with Gasteiger partial charge in [0.25, 0.3) is 5.91 Å². The number of aryl methyl sites for hydroxylation is 1. The summed E-state index contributed by atoms with van der Waals surface area (Å²) in [6, 6.07) is 3.74. The van der Waals surface area contributed by atoms with Crippen molar-refractivity contribution in [2.24, 2.45) is 5.73 Å². The molecule has 3 atom stereocenters. The van der Waals surface area contributed by atoms with Gasteiger partial charge >= 0.3 is 0 Å². The monoisotopic (exact) mass is 526 g/mol. The van der Waals surface area contributed by atoms with E-state index in [0.717, 1.165) is 41.2 Å². The summed E-state index contributed by atoms with van der Waals surface area (Å²) in [4.78, 5) is 29.8. The molecule has 1 fully saturated rings. The van der Waals surface area contributed by atoms with Crippen LogP contribution in [0.25, 0.3) is 10.6 Å². The summed E-state index contributed by atoms with van der Waals surface area (Å²) in [5.74, 6) is 0.597. The fraction of sp³-hybridized carbons (Fsp3) is 0.440. The van der Waals surface area contributed by atoms with Crippen molar-refractivity contribution in [1.29, 1.82) is 0 Å². The Kier molecular flexibility index (Phi) is 7.18. The molecule has 11 heteroatoms. The number of nitrogens with one attached hydrogen (secondary N) is 1. The SMILES string of the molecule is CC1=C2C[C@H](OCCN)C[C@H](C1)N2C(=O)c1ccc(Nc2nc(-c3sc(C(C)O)nc3C)cs2)nc1. The van der Waals surface area contributed by atoms with E-state index >= 15 is 0 Å². The van der Waals surface area contributed by atoms with E-state index < -0.39 is 6.10 Å². The maximum Gasteiger partial charge on any atom is 0.259 e. The molecule has 1 amide bonds. The number of nitrogens with zero attached hydrogens (tertiary/aromatic N) is 4. The average Bonchev–Trinajstić information content (AvgIpc) is 3.53. The number of ether oxygens (including phenoxy) is 1. The third kappa shape index (κ3) is 4.94. The number of aromatic nitrogens is 3. The molecule has 5 heterocycles. The van der Waals surface area contributed by atoms with Crippen LogP contribution in [0.4, 0.5) is 10.9 Å². The highest BCUT2D eigenvalue weighted by atomic mass is 32.1. The Morgan fingerprint density at radius 3 is 2.83 bits per heavy atom. The minimum atomic E-state index is -0.602. The molecular weight excluding hydrogens is 496 g/mol. The standard InChI is InChI=1S/C25H30N6O3S2/c1-13-8-17-9-18(34-7-6-26)10-20(13)31(17)24(33)16-4-5-21(27-11-16)30-25-29-19(12-35-25)22-14(2)28-23(36-22)15(3)32/h4-5,11-12,15,17-18,32H,6-10,26H2,1-3H3,(H,27,29,30)/t15?,17-,18+/m0/s1. The molecule has 2 bridgehead atoms. The molecule has 0 saturated carbocycles. The Morgan fingerprint density at radius 1 is 1.33 bits per heavy atom. The number of pyridine rings is 1. The number of fused-ring (bicyclic) bond motifs is 2. The van der Waals surface area contributed by atoms with Crippen LogP contribution in [-0.2, 0) is 4.74 Å². The Hall–Kier alpha value is -2.70. The zero-order valence-electron chi connectivity index (χ0n) is 20.5. The highest BCUT2D eigenvalue weighted by Gasteiger charge is 2.41. The highest BCUT2D eigenvalue weighted by molar-refractivity contribution is 7.17. The Balaban J connectivity index is 1.25. The summed E-state index contributed by atoms with van der Waals surface area (Å²) >= 11 is 2.92. The molecule has 3 aromatic heterocycles. The van der Waals surface area contributed by atoms with E-state index in [2.05, 4.69) is 27.2 Å². The highest BCUT2D eigenvalue weighted by Crippen LogP contribution is 2.41. The summed E-state index contributed by atoms with van der Waals surface area (Å²) in [6.07, 6.45) is 3.59. The Bertz CT molecular complexity index is 1280. The predicted molar refractivity (Wildman–Crippen MR) is 141 cm³/mol. The summed E-state index contributed by atoms with van der Waals surface area (Å²) in [5, 5.41) is 16.4. The molecule has 0 aromatic carbocycles. The third-order valence-corrected chi connectivity index (χ3v) is 8.60. The average molecular weight is 527 g/mol. The third-order valence-electron chi connectivity index (χ3n) is 6.49. The van der Waals surface area contributed by atoms with E-state index in [9.17, 15) is 9.90 Å². The van der Waals surface area contributed by atoms with Crippen molar-refractivity contribution in [3.05, 3.63) is 51.2 Å². The summed E-state index contributed by atoms with van der Waals surface area (Å²) in [6.45, 7) is 6.78. The minimum absolute atomic E-state index is 0.0192. The van der Waals surface area contributed by atoms with Gasteiger partial charge in [-0.05, 0) is 45.7 Å². The number of carbonyl (C=O) groups is 1. The van der Waals surface area contributed by atoms with Crippen molar-refractivity contribution in [2.75, 3.05) is 18.5 Å². The van der Waals surface area contributed by atoms with Gasteiger partial charge in [0.15, 0.2) is 5.13 Å². The van der Waals surface area contributed by atoms with Gasteiger partial charge in [0.05, 0.1) is 34.5 Å². The van der Waals surface area contributed by atoms with Crippen LogP contribution in [0.15, 0.2) is 35.0 Å². The maximum atomic E-state index is 13.4. The normalized spacial score (nSPS) is 20.2. The van der Waals surface area contributed by atoms with Gasteiger partial charge < -0.3 is 25.8 Å². The largest absolute Gasteiger partial charge is 0.386 e. The number of rotatable bonds is 8. The number of amides is 1.